The van der Waals surface area contributed by atoms with Gasteiger partial charge in [0.1, 0.15) is 11.2 Å². The molecule has 0 radical (unpaired) electrons. The number of hydrogen-bond acceptors (Lipinski definition) is 1. The monoisotopic (exact) mass is 1040 g/mol. The van der Waals surface area contributed by atoms with Crippen molar-refractivity contribution in [3.8, 4) is 72.7 Å². The van der Waals surface area contributed by atoms with Gasteiger partial charge in [-0.05, 0) is 165 Å². The molecule has 0 unspecified atom stereocenters. The van der Waals surface area contributed by atoms with Gasteiger partial charge in [-0.15, -0.1) is 0 Å². The van der Waals surface area contributed by atoms with Crippen LogP contribution in [0.15, 0.2) is 302 Å². The highest BCUT2D eigenvalue weighted by molar-refractivity contribution is 6.17. The number of nitrogens with zero attached hydrogens (tertiary/aromatic N) is 3. The van der Waals surface area contributed by atoms with E-state index in [1.165, 1.54) is 76.6 Å². The Balaban J connectivity index is 0.830. The quantitative estimate of drug-likeness (QED) is 0.149. The number of rotatable bonds is 8. The second kappa shape index (κ2) is 18.3. The van der Waals surface area contributed by atoms with Gasteiger partial charge in [0.2, 0.25) is 0 Å². The highest BCUT2D eigenvalue weighted by Crippen LogP contribution is 2.44. The van der Waals surface area contributed by atoms with E-state index in [0.717, 1.165) is 83.4 Å². The van der Waals surface area contributed by atoms with E-state index in [1.807, 2.05) is 0 Å². The average molecular weight is 1040 g/mol. The van der Waals surface area contributed by atoms with Gasteiger partial charge in [-0.25, -0.2) is 0 Å². The smallest absolute Gasteiger partial charge is 0.136 e. The van der Waals surface area contributed by atoms with Gasteiger partial charge >= 0.3 is 0 Å². The molecule has 4 aromatic heterocycles. The maximum Gasteiger partial charge on any atom is 0.136 e. The summed E-state index contributed by atoms with van der Waals surface area (Å²) in [6.45, 7) is 0. The van der Waals surface area contributed by atoms with Crippen LogP contribution in [0, 0.1) is 0 Å². The fourth-order valence-corrected chi connectivity index (χ4v) is 13.2. The predicted molar refractivity (Wildman–Crippen MR) is 344 cm³/mol. The van der Waals surface area contributed by atoms with Crippen LogP contribution in [-0.2, 0) is 0 Å². The molecular formula is C78H49N3O. The van der Waals surface area contributed by atoms with Crippen LogP contribution in [0.25, 0.3) is 160 Å². The number of aromatic nitrogens is 3. The molecule has 382 valence electrons. The standard InChI is InChI=1S/C78H49N3O/c1-4-17-50(18-5-1)52-21-14-25-60(43-52)80-73-39-34-54(56-37-42-76-69(47-56)78-62(29-16-32-77(78)82-76)58-36-41-72-66(48-58)64-28-11-13-31-71(64)79(72)59-23-8-3-9-24-59)45-67(73)68-46-55(35-40-74(68)80)57-33-38-65-63-27-10-12-30-70(63)81(75(65)49-57)61-26-15-22-53(44-61)51-19-6-2-7-20-51/h1-49H. The molecule has 0 atom stereocenters. The Morgan fingerprint density at radius 1 is 0.195 bits per heavy atom. The first-order chi connectivity index (χ1) is 40.6. The fourth-order valence-electron chi connectivity index (χ4n) is 13.2. The minimum atomic E-state index is 0.869. The van der Waals surface area contributed by atoms with Crippen molar-refractivity contribution in [3.63, 3.8) is 0 Å². The van der Waals surface area contributed by atoms with E-state index >= 15 is 0 Å². The van der Waals surface area contributed by atoms with Crippen LogP contribution in [0.4, 0.5) is 0 Å². The zero-order chi connectivity index (χ0) is 53.8. The zero-order valence-corrected chi connectivity index (χ0v) is 44.5. The first-order valence-corrected chi connectivity index (χ1v) is 28.1. The van der Waals surface area contributed by atoms with Crippen LogP contribution in [0.2, 0.25) is 0 Å². The lowest BCUT2D eigenvalue weighted by atomic mass is 9.96. The fraction of sp³-hybridized carbons (Fsp3) is 0. The third-order valence-electron chi connectivity index (χ3n) is 17.0. The molecule has 0 amide bonds. The molecule has 0 N–H and O–H groups in total. The predicted octanol–water partition coefficient (Wildman–Crippen LogP) is 21.2. The molecule has 0 aliphatic rings. The van der Waals surface area contributed by atoms with E-state index in [4.69, 9.17) is 4.42 Å². The Kier molecular flexibility index (Phi) is 10.3. The van der Waals surface area contributed by atoms with Gasteiger partial charge in [0.25, 0.3) is 0 Å². The third-order valence-corrected chi connectivity index (χ3v) is 17.0. The van der Waals surface area contributed by atoms with E-state index in [2.05, 4.69) is 311 Å². The molecule has 0 bridgehead atoms. The Labute approximate surface area is 472 Å². The summed E-state index contributed by atoms with van der Waals surface area (Å²) in [4.78, 5) is 0. The molecule has 4 heterocycles. The van der Waals surface area contributed by atoms with Crippen LogP contribution < -0.4 is 0 Å². The van der Waals surface area contributed by atoms with Crippen molar-refractivity contribution in [2.45, 2.75) is 0 Å². The zero-order valence-electron chi connectivity index (χ0n) is 44.5. The molecule has 82 heavy (non-hydrogen) atoms. The lowest BCUT2D eigenvalue weighted by molar-refractivity contribution is 0.669. The van der Waals surface area contributed by atoms with Crippen molar-refractivity contribution in [1.82, 2.24) is 13.7 Å². The number of hydrogen-bond donors (Lipinski definition) is 0. The summed E-state index contributed by atoms with van der Waals surface area (Å²) in [7, 11) is 0. The minimum Gasteiger partial charge on any atom is -0.456 e. The number of furan rings is 1. The van der Waals surface area contributed by atoms with Crippen molar-refractivity contribution in [3.05, 3.63) is 297 Å². The summed E-state index contributed by atoms with van der Waals surface area (Å²) in [6.07, 6.45) is 0. The van der Waals surface area contributed by atoms with Crippen molar-refractivity contribution in [2.24, 2.45) is 0 Å². The molecule has 17 aromatic rings. The van der Waals surface area contributed by atoms with Crippen LogP contribution in [0.5, 0.6) is 0 Å². The molecule has 0 saturated carbocycles. The van der Waals surface area contributed by atoms with Gasteiger partial charge in [-0.3, -0.25) is 0 Å². The van der Waals surface area contributed by atoms with Crippen molar-refractivity contribution in [2.75, 3.05) is 0 Å². The summed E-state index contributed by atoms with van der Waals surface area (Å²) in [5.41, 5.74) is 23.8. The topological polar surface area (TPSA) is 27.9 Å². The van der Waals surface area contributed by atoms with E-state index in [9.17, 15) is 0 Å². The summed E-state index contributed by atoms with van der Waals surface area (Å²) in [5.74, 6) is 0. The van der Waals surface area contributed by atoms with Gasteiger partial charge in [0.15, 0.2) is 0 Å². The first kappa shape index (κ1) is 46.0. The minimum absolute atomic E-state index is 0.869. The van der Waals surface area contributed by atoms with Gasteiger partial charge < -0.3 is 18.1 Å². The van der Waals surface area contributed by atoms with E-state index < -0.39 is 0 Å². The molecule has 0 saturated heterocycles. The van der Waals surface area contributed by atoms with E-state index in [0.29, 0.717) is 0 Å². The molecule has 4 nitrogen and oxygen atoms in total. The van der Waals surface area contributed by atoms with Crippen molar-refractivity contribution < 1.29 is 4.42 Å². The number of benzene rings is 13. The maximum atomic E-state index is 6.69. The SMILES string of the molecule is c1ccc(-c2cccc(-n3c4ccc(-c5ccc6oc7cccc(-c8ccc9c(c8)c8ccccc8n9-c8ccccc8)c7c6c5)cc4c4cc(-c5ccc6c7ccccc7n(-c7cccc(-c8ccccc8)c7)c6c5)ccc43)c2)cc1. The first-order valence-electron chi connectivity index (χ1n) is 28.1. The van der Waals surface area contributed by atoms with Gasteiger partial charge in [0.05, 0.1) is 33.1 Å². The Hall–Kier alpha value is -10.9. The summed E-state index contributed by atoms with van der Waals surface area (Å²) in [5, 5.41) is 9.51. The molecule has 13 aromatic carbocycles. The lowest BCUT2D eigenvalue weighted by Gasteiger charge is -2.12. The van der Waals surface area contributed by atoms with E-state index in [1.54, 1.807) is 0 Å². The van der Waals surface area contributed by atoms with Gasteiger partial charge in [-0.2, -0.15) is 0 Å². The molecule has 17 rings (SSSR count). The third kappa shape index (κ3) is 7.25. The Morgan fingerprint density at radius 2 is 0.585 bits per heavy atom. The molecule has 0 aliphatic heterocycles. The second-order valence-corrected chi connectivity index (χ2v) is 21.6. The number of fused-ring (bicyclic) bond motifs is 12. The molecular weight excluding hydrogens is 995 g/mol. The highest BCUT2D eigenvalue weighted by Gasteiger charge is 2.21. The van der Waals surface area contributed by atoms with Crippen molar-refractivity contribution in [1.29, 1.82) is 0 Å². The van der Waals surface area contributed by atoms with Crippen molar-refractivity contribution >= 4 is 87.4 Å². The normalized spacial score (nSPS) is 11.9. The molecule has 0 aliphatic carbocycles. The average Bonchev–Trinajstić information content (AvgIpc) is 4.34. The Bertz CT molecular complexity index is 5390. The van der Waals surface area contributed by atoms with Gasteiger partial charge in [-0.1, -0.05) is 188 Å². The molecule has 0 spiro atoms. The van der Waals surface area contributed by atoms with Crippen LogP contribution in [-0.4, -0.2) is 13.7 Å². The summed E-state index contributed by atoms with van der Waals surface area (Å²) < 4.78 is 13.9. The molecule has 4 heteroatoms. The largest absolute Gasteiger partial charge is 0.456 e. The van der Waals surface area contributed by atoms with E-state index in [-0.39, 0.29) is 0 Å². The van der Waals surface area contributed by atoms with Crippen LogP contribution in [0.3, 0.4) is 0 Å². The van der Waals surface area contributed by atoms with Crippen LogP contribution >= 0.6 is 0 Å². The summed E-state index contributed by atoms with van der Waals surface area (Å²) in [6, 6.07) is 109. The van der Waals surface area contributed by atoms with Gasteiger partial charge in [0, 0.05) is 60.2 Å². The lowest BCUT2D eigenvalue weighted by Crippen LogP contribution is -1.95. The Morgan fingerprint density at radius 3 is 1.21 bits per heavy atom. The second-order valence-electron chi connectivity index (χ2n) is 21.6. The summed E-state index contributed by atoms with van der Waals surface area (Å²) >= 11 is 0. The number of para-hydroxylation sites is 3. The van der Waals surface area contributed by atoms with Crippen LogP contribution in [0.1, 0.15) is 0 Å². The molecule has 0 fully saturated rings. The maximum absolute atomic E-state index is 6.69. The highest BCUT2D eigenvalue weighted by atomic mass is 16.3.